The van der Waals surface area contributed by atoms with Crippen molar-refractivity contribution in [2.75, 3.05) is 5.32 Å². The standard InChI is InChI=1S/C22H17ClFNO7S/c1-12-8-14(25-20(27)11-21(28)29)9-17(23)22(12)32-15-4-7-18(26)19(10-15)33(30,31)16-5-2-13(24)3-6-16/h2-10,26H,11H2,1H3,(H,25,27)(H,28,29). The molecular weight excluding hydrogens is 477 g/mol. The van der Waals surface area contributed by atoms with Gasteiger partial charge in [-0.3, -0.25) is 9.59 Å². The van der Waals surface area contributed by atoms with Crippen LogP contribution in [-0.4, -0.2) is 30.5 Å². The van der Waals surface area contributed by atoms with Crippen LogP contribution in [0.2, 0.25) is 5.02 Å². The van der Waals surface area contributed by atoms with Gasteiger partial charge in [-0.25, -0.2) is 12.8 Å². The molecule has 8 nitrogen and oxygen atoms in total. The van der Waals surface area contributed by atoms with E-state index < -0.39 is 44.6 Å². The van der Waals surface area contributed by atoms with E-state index in [2.05, 4.69) is 5.32 Å². The topological polar surface area (TPSA) is 130 Å². The van der Waals surface area contributed by atoms with E-state index in [9.17, 15) is 27.5 Å². The number of carboxylic acid groups (broad SMARTS) is 1. The molecule has 3 N–H and O–H groups in total. The summed E-state index contributed by atoms with van der Waals surface area (Å²) in [6.07, 6.45) is -0.715. The van der Waals surface area contributed by atoms with Gasteiger partial charge in [-0.05, 0) is 61.0 Å². The number of halogens is 2. The molecule has 0 aliphatic carbocycles. The van der Waals surface area contributed by atoms with Crippen LogP contribution in [0.15, 0.2) is 64.4 Å². The molecule has 0 unspecified atom stereocenters. The second kappa shape index (κ2) is 9.47. The molecule has 0 atom stereocenters. The number of benzene rings is 3. The van der Waals surface area contributed by atoms with Crippen molar-refractivity contribution in [3.63, 3.8) is 0 Å². The second-order valence-corrected chi connectivity index (χ2v) is 9.24. The van der Waals surface area contributed by atoms with Crippen molar-refractivity contribution in [2.24, 2.45) is 0 Å². The monoisotopic (exact) mass is 493 g/mol. The fourth-order valence-corrected chi connectivity index (χ4v) is 4.57. The van der Waals surface area contributed by atoms with Crippen LogP contribution in [0.4, 0.5) is 10.1 Å². The van der Waals surface area contributed by atoms with E-state index in [1.807, 2.05) is 0 Å². The van der Waals surface area contributed by atoms with E-state index in [4.69, 9.17) is 21.4 Å². The highest BCUT2D eigenvalue weighted by Gasteiger charge is 2.23. The number of aromatic hydroxyl groups is 1. The normalized spacial score (nSPS) is 11.1. The Labute approximate surface area is 193 Å². The van der Waals surface area contributed by atoms with Crippen molar-refractivity contribution in [1.82, 2.24) is 0 Å². The van der Waals surface area contributed by atoms with Gasteiger partial charge in [-0.1, -0.05) is 11.6 Å². The number of hydrogen-bond donors (Lipinski definition) is 3. The average molecular weight is 494 g/mol. The Morgan fingerprint density at radius 2 is 1.76 bits per heavy atom. The van der Waals surface area contributed by atoms with Crippen LogP contribution >= 0.6 is 11.6 Å². The minimum atomic E-state index is -4.18. The molecule has 0 bridgehead atoms. The average Bonchev–Trinajstić information content (AvgIpc) is 2.71. The minimum Gasteiger partial charge on any atom is -0.507 e. The molecule has 0 aliphatic rings. The lowest BCUT2D eigenvalue weighted by molar-refractivity contribution is -0.139. The van der Waals surface area contributed by atoms with Crippen molar-refractivity contribution in [1.29, 1.82) is 0 Å². The van der Waals surface area contributed by atoms with Gasteiger partial charge in [0, 0.05) is 11.8 Å². The van der Waals surface area contributed by atoms with Gasteiger partial charge in [0.25, 0.3) is 0 Å². The maximum atomic E-state index is 13.2. The number of amides is 1. The van der Waals surface area contributed by atoms with Gasteiger partial charge in [0.05, 0.1) is 9.92 Å². The number of carbonyl (C=O) groups is 2. The first-order chi connectivity index (χ1) is 15.5. The number of sulfone groups is 1. The molecule has 0 aliphatic heterocycles. The van der Waals surface area contributed by atoms with E-state index >= 15 is 0 Å². The van der Waals surface area contributed by atoms with Crippen LogP contribution in [0.3, 0.4) is 0 Å². The van der Waals surface area contributed by atoms with Gasteiger partial charge in [0.15, 0.2) is 0 Å². The molecule has 0 radical (unpaired) electrons. The van der Waals surface area contributed by atoms with Crippen molar-refractivity contribution < 1.29 is 37.3 Å². The minimum absolute atomic E-state index is 0.0427. The molecule has 0 heterocycles. The highest BCUT2D eigenvalue weighted by Crippen LogP contribution is 2.38. The maximum absolute atomic E-state index is 13.2. The summed E-state index contributed by atoms with van der Waals surface area (Å²) in [7, 11) is -4.18. The van der Waals surface area contributed by atoms with Gasteiger partial charge >= 0.3 is 5.97 Å². The number of ether oxygens (including phenoxy) is 1. The molecule has 33 heavy (non-hydrogen) atoms. The number of rotatable bonds is 7. The van der Waals surface area contributed by atoms with Crippen molar-refractivity contribution in [3.05, 3.63) is 71.0 Å². The first-order valence-corrected chi connectivity index (χ1v) is 11.2. The van der Waals surface area contributed by atoms with E-state index in [1.165, 1.54) is 18.2 Å². The van der Waals surface area contributed by atoms with Crippen LogP contribution < -0.4 is 10.1 Å². The van der Waals surface area contributed by atoms with Gasteiger partial charge in [0.1, 0.15) is 34.4 Å². The summed E-state index contributed by atoms with van der Waals surface area (Å²) in [4.78, 5) is 21.6. The lowest BCUT2D eigenvalue weighted by Gasteiger charge is -2.14. The third kappa shape index (κ3) is 5.60. The molecule has 1 amide bonds. The van der Waals surface area contributed by atoms with Crippen molar-refractivity contribution in [3.8, 4) is 17.2 Å². The Hall–Kier alpha value is -3.63. The summed E-state index contributed by atoms with van der Waals surface area (Å²) >= 11 is 6.25. The summed E-state index contributed by atoms with van der Waals surface area (Å²) < 4.78 is 44.7. The van der Waals surface area contributed by atoms with Gasteiger partial charge in [-0.15, -0.1) is 0 Å². The van der Waals surface area contributed by atoms with E-state index in [-0.39, 0.29) is 27.1 Å². The molecule has 3 aromatic carbocycles. The smallest absolute Gasteiger partial charge is 0.312 e. The molecular formula is C22H17ClFNO7S. The predicted octanol–water partition coefficient (Wildman–Crippen LogP) is 4.53. The van der Waals surface area contributed by atoms with Crippen LogP contribution in [0.5, 0.6) is 17.2 Å². The Balaban J connectivity index is 1.91. The molecule has 172 valence electrons. The predicted molar refractivity (Wildman–Crippen MR) is 117 cm³/mol. The number of nitrogens with one attached hydrogen (secondary N) is 1. The summed E-state index contributed by atoms with van der Waals surface area (Å²) in [5, 5.41) is 21.3. The Morgan fingerprint density at radius 3 is 2.36 bits per heavy atom. The van der Waals surface area contributed by atoms with Crippen LogP contribution in [0, 0.1) is 12.7 Å². The largest absolute Gasteiger partial charge is 0.507 e. The molecule has 0 saturated carbocycles. The molecule has 0 saturated heterocycles. The summed E-state index contributed by atoms with van der Waals surface area (Å²) in [6.45, 7) is 1.62. The first kappa shape index (κ1) is 24.0. The zero-order valence-electron chi connectivity index (χ0n) is 17.0. The van der Waals surface area contributed by atoms with Crippen LogP contribution in [0.25, 0.3) is 0 Å². The highest BCUT2D eigenvalue weighted by atomic mass is 35.5. The Kier molecular flexibility index (Phi) is 6.89. The number of carboxylic acids is 1. The van der Waals surface area contributed by atoms with Gasteiger partial charge in [-0.2, -0.15) is 0 Å². The zero-order chi connectivity index (χ0) is 24.3. The fraction of sp³-hybridized carbons (Fsp3) is 0.0909. The second-order valence-electron chi connectivity index (χ2n) is 6.91. The molecule has 3 aromatic rings. The molecule has 0 spiro atoms. The van der Waals surface area contributed by atoms with Gasteiger partial charge < -0.3 is 20.3 Å². The zero-order valence-corrected chi connectivity index (χ0v) is 18.6. The number of aliphatic carboxylic acids is 1. The Bertz CT molecular complexity index is 1320. The number of phenols is 1. The van der Waals surface area contributed by atoms with E-state index in [1.54, 1.807) is 6.92 Å². The summed E-state index contributed by atoms with van der Waals surface area (Å²) in [5.41, 5.74) is 0.713. The SMILES string of the molecule is Cc1cc(NC(=O)CC(=O)O)cc(Cl)c1Oc1ccc(O)c(S(=O)(=O)c2ccc(F)cc2)c1. The molecule has 3 rings (SSSR count). The number of hydrogen-bond acceptors (Lipinski definition) is 6. The van der Waals surface area contributed by atoms with Gasteiger partial charge in [0.2, 0.25) is 15.7 Å². The lowest BCUT2D eigenvalue weighted by Crippen LogP contribution is -2.16. The number of carbonyl (C=O) groups excluding carboxylic acids is 1. The molecule has 0 fully saturated rings. The Morgan fingerprint density at radius 1 is 1.09 bits per heavy atom. The van der Waals surface area contributed by atoms with Crippen molar-refractivity contribution >= 4 is 39.0 Å². The molecule has 11 heteroatoms. The quantitative estimate of drug-likeness (QED) is 0.325. The highest BCUT2D eigenvalue weighted by molar-refractivity contribution is 7.91. The first-order valence-electron chi connectivity index (χ1n) is 9.30. The van der Waals surface area contributed by atoms with Crippen LogP contribution in [0.1, 0.15) is 12.0 Å². The third-order valence-electron chi connectivity index (χ3n) is 4.39. The molecule has 0 aromatic heterocycles. The lowest BCUT2D eigenvalue weighted by atomic mass is 10.2. The number of phenolic OH excluding ortho intramolecular Hbond substituents is 1. The number of anilines is 1. The van der Waals surface area contributed by atoms with E-state index in [0.717, 1.165) is 36.4 Å². The fourth-order valence-electron chi connectivity index (χ4n) is 2.91. The maximum Gasteiger partial charge on any atom is 0.312 e. The van der Waals surface area contributed by atoms with Crippen molar-refractivity contribution in [2.45, 2.75) is 23.1 Å². The summed E-state index contributed by atoms with van der Waals surface area (Å²) in [6, 6.07) is 10.6. The van der Waals surface area contributed by atoms with Crippen LogP contribution in [-0.2, 0) is 19.4 Å². The van der Waals surface area contributed by atoms with E-state index in [0.29, 0.717) is 5.56 Å². The number of aryl methyl sites for hydroxylation is 1. The third-order valence-corrected chi connectivity index (χ3v) is 6.47. The summed E-state index contributed by atoms with van der Waals surface area (Å²) in [5.74, 6) is -2.95.